The molecule has 0 rings (SSSR count). The fraction of sp³-hybridized carbons (Fsp3) is 0.794. The predicted octanol–water partition coefficient (Wildman–Crippen LogP) is 7.39. The fourth-order valence-electron chi connectivity index (χ4n) is 3.26. The van der Waals surface area contributed by atoms with Crippen molar-refractivity contribution in [3.05, 3.63) is 0 Å². The molecule has 0 radical (unpaired) electrons. The molecule has 0 aromatic rings. The van der Waals surface area contributed by atoms with Crippen LogP contribution in [0.5, 0.6) is 0 Å². The van der Waals surface area contributed by atoms with Gasteiger partial charge in [-0.2, -0.15) is 4.99 Å². The lowest BCUT2D eigenvalue weighted by Crippen LogP contribution is -2.06. The van der Waals surface area contributed by atoms with Gasteiger partial charge in [0.1, 0.15) is 6.54 Å². The number of nitrogens with one attached hydrogen (secondary N) is 1. The van der Waals surface area contributed by atoms with Crippen molar-refractivity contribution in [3.8, 4) is 0 Å². The molecule has 0 atom stereocenters. The largest absolute Gasteiger partial charge is 0.465 e. The number of unbranched alkanes of at least 4 members (excludes halogenated alkanes) is 15. The van der Waals surface area contributed by atoms with Crippen molar-refractivity contribution in [2.45, 2.75) is 143 Å². The van der Waals surface area contributed by atoms with Crippen LogP contribution in [0.25, 0.3) is 0 Å². The molecule has 0 aliphatic heterocycles. The van der Waals surface area contributed by atoms with E-state index in [1.807, 2.05) is 13.8 Å². The third-order valence-electron chi connectivity index (χ3n) is 5.39. The van der Waals surface area contributed by atoms with E-state index >= 15 is 0 Å². The zero-order valence-electron chi connectivity index (χ0n) is 30.2. The molecular weight excluding hydrogens is 620 g/mol. The van der Waals surface area contributed by atoms with Crippen molar-refractivity contribution >= 4 is 42.4 Å². The second-order valence-corrected chi connectivity index (χ2v) is 9.79. The average Bonchev–Trinajstić information content (AvgIpc) is 3.07. The molecule has 0 saturated heterocycles. The van der Waals surface area contributed by atoms with E-state index in [4.69, 9.17) is 19.8 Å². The Hall–Kier alpha value is -4.25. The SMILES string of the molecule is CC(C)N=C=O.CCCCCCCCCCCCCCCCCCN=C=O.CCN=C=O.CCOC(=O)CN=C=O.CN=C=O.N=C=O. The van der Waals surface area contributed by atoms with Crippen LogP contribution in [-0.2, 0) is 38.3 Å². The topological polar surface area (TPSA) is 214 Å². The molecule has 0 saturated carbocycles. The Labute approximate surface area is 287 Å². The fourth-order valence-corrected chi connectivity index (χ4v) is 3.26. The summed E-state index contributed by atoms with van der Waals surface area (Å²) < 4.78 is 4.43. The minimum absolute atomic E-state index is 0.0995. The van der Waals surface area contributed by atoms with Crippen LogP contribution in [0.2, 0.25) is 0 Å². The van der Waals surface area contributed by atoms with Crippen LogP contribution >= 0.6 is 0 Å². The molecule has 1 N–H and O–H groups in total. The van der Waals surface area contributed by atoms with Crippen molar-refractivity contribution < 1.29 is 38.3 Å². The highest BCUT2D eigenvalue weighted by molar-refractivity contribution is 5.72. The van der Waals surface area contributed by atoms with Crippen LogP contribution in [0, 0.1) is 5.41 Å². The first kappa shape index (κ1) is 56.1. The number of carbonyl (C=O) groups is 1. The van der Waals surface area contributed by atoms with Gasteiger partial charge in [0.25, 0.3) is 0 Å². The lowest BCUT2D eigenvalue weighted by molar-refractivity contribution is -0.141. The lowest BCUT2D eigenvalue weighted by Gasteiger charge is -2.03. The van der Waals surface area contributed by atoms with Gasteiger partial charge in [0.2, 0.25) is 36.5 Å². The quantitative estimate of drug-likeness (QED) is 0.0525. The molecule has 0 heterocycles. The molecule has 0 aromatic heterocycles. The van der Waals surface area contributed by atoms with E-state index in [1.54, 1.807) is 19.9 Å². The smallest absolute Gasteiger partial charge is 0.328 e. The van der Waals surface area contributed by atoms with E-state index in [0.717, 1.165) is 12.5 Å². The van der Waals surface area contributed by atoms with Gasteiger partial charge in [-0.3, -0.25) is 4.79 Å². The molecular formula is C34H60N6O8. The predicted molar refractivity (Wildman–Crippen MR) is 187 cm³/mol. The number of hydrogen-bond donors (Lipinski definition) is 1. The molecule has 14 heteroatoms. The minimum Gasteiger partial charge on any atom is -0.465 e. The van der Waals surface area contributed by atoms with Crippen molar-refractivity contribution in [1.82, 2.24) is 0 Å². The minimum atomic E-state index is -0.499. The summed E-state index contributed by atoms with van der Waals surface area (Å²) in [5, 5.41) is 5.40. The lowest BCUT2D eigenvalue weighted by atomic mass is 10.0. The van der Waals surface area contributed by atoms with Gasteiger partial charge >= 0.3 is 5.97 Å². The van der Waals surface area contributed by atoms with Gasteiger partial charge in [0.15, 0.2) is 0 Å². The molecule has 0 unspecified atom stereocenters. The maximum Gasteiger partial charge on any atom is 0.328 e. The molecule has 0 fully saturated rings. The maximum absolute atomic E-state index is 10.3. The number of hydrogen-bond acceptors (Lipinski definition) is 14. The Morgan fingerprint density at radius 2 is 0.979 bits per heavy atom. The van der Waals surface area contributed by atoms with Gasteiger partial charge in [-0.25, -0.2) is 54.1 Å². The van der Waals surface area contributed by atoms with Crippen molar-refractivity contribution in [2.75, 3.05) is 33.3 Å². The van der Waals surface area contributed by atoms with E-state index in [-0.39, 0.29) is 12.6 Å². The van der Waals surface area contributed by atoms with Gasteiger partial charge in [-0.15, -0.1) is 0 Å². The number of carbonyl (C=O) groups excluding carboxylic acids is 7. The molecule has 0 aliphatic carbocycles. The summed E-state index contributed by atoms with van der Waals surface area (Å²) in [6, 6.07) is 0.0995. The molecule has 0 bridgehead atoms. The third kappa shape index (κ3) is 96.9. The number of nitrogens with zero attached hydrogens (tertiary/aromatic N) is 5. The molecule has 48 heavy (non-hydrogen) atoms. The Morgan fingerprint density at radius 1 is 0.604 bits per heavy atom. The van der Waals surface area contributed by atoms with Crippen LogP contribution in [-0.4, -0.2) is 81.8 Å². The molecule has 274 valence electrons. The van der Waals surface area contributed by atoms with E-state index in [0.29, 0.717) is 19.7 Å². The Balaban J connectivity index is -0.000000133. The second kappa shape index (κ2) is 65.4. The molecule has 0 spiro atoms. The number of aliphatic imine (C=N–C) groups is 5. The number of esters is 1. The van der Waals surface area contributed by atoms with Gasteiger partial charge in [0, 0.05) is 13.6 Å². The Morgan fingerprint density at radius 3 is 1.21 bits per heavy atom. The van der Waals surface area contributed by atoms with Crippen LogP contribution in [0.15, 0.2) is 25.0 Å². The van der Waals surface area contributed by atoms with Crippen LogP contribution in [0.4, 0.5) is 0 Å². The maximum atomic E-state index is 10.3. The zero-order valence-corrected chi connectivity index (χ0v) is 30.2. The van der Waals surface area contributed by atoms with Crippen molar-refractivity contribution in [3.63, 3.8) is 0 Å². The highest BCUT2D eigenvalue weighted by Gasteiger charge is 1.96. The summed E-state index contributed by atoms with van der Waals surface area (Å²) in [5.74, 6) is -0.499. The first-order valence-electron chi connectivity index (χ1n) is 16.6. The van der Waals surface area contributed by atoms with Gasteiger partial charge in [-0.05, 0) is 34.1 Å². The summed E-state index contributed by atoms with van der Waals surface area (Å²) >= 11 is 0. The van der Waals surface area contributed by atoms with Gasteiger partial charge < -0.3 is 4.74 Å². The van der Waals surface area contributed by atoms with E-state index in [9.17, 15) is 19.2 Å². The first-order chi connectivity index (χ1) is 23.2. The second-order valence-electron chi connectivity index (χ2n) is 9.79. The van der Waals surface area contributed by atoms with E-state index in [2.05, 4.69) is 36.6 Å². The first-order valence-corrected chi connectivity index (χ1v) is 16.6. The van der Waals surface area contributed by atoms with Gasteiger partial charge in [-0.1, -0.05) is 103 Å². The van der Waals surface area contributed by atoms with Crippen LogP contribution in [0.1, 0.15) is 137 Å². The van der Waals surface area contributed by atoms with Crippen LogP contribution in [0.3, 0.4) is 0 Å². The van der Waals surface area contributed by atoms with Crippen LogP contribution < -0.4 is 0 Å². The highest BCUT2D eigenvalue weighted by atomic mass is 16.5. The normalized spacial score (nSPS) is 8.15. The zero-order chi connectivity index (χ0) is 37.8. The highest BCUT2D eigenvalue weighted by Crippen LogP contribution is 2.13. The monoisotopic (exact) mass is 680 g/mol. The molecule has 0 amide bonds. The molecule has 0 aromatic carbocycles. The van der Waals surface area contributed by atoms with Gasteiger partial charge in [0.05, 0.1) is 19.2 Å². The number of ether oxygens (including phenoxy) is 1. The molecule has 0 aliphatic rings. The van der Waals surface area contributed by atoms with E-state index < -0.39 is 5.97 Å². The van der Waals surface area contributed by atoms with E-state index in [1.165, 1.54) is 128 Å². The number of rotatable bonds is 22. The summed E-state index contributed by atoms with van der Waals surface area (Å²) in [7, 11) is 1.38. The standard InChI is InChI=1S/C19H37NO.C5H7NO3.C4H7NO.C3H5NO.C2H3NO.CHNO/c1-2-3-4-5-6-7-8-9-10-11-12-13-14-15-16-17-18-20-19-21;1-2-9-5(8)3-6-4-7;1-4(2)5-3-6;1-2-4-3-5;1-3-2-4;2-1-3/h2-18H2,1H3;2-3H2,1H3;4H,1-2H3;2H2,1H3;1H3;2H. The summed E-state index contributed by atoms with van der Waals surface area (Å²) in [5.41, 5.74) is 0. The summed E-state index contributed by atoms with van der Waals surface area (Å²) in [6.45, 7) is 10.7. The number of isocyanates is 6. The Kier molecular flexibility index (Phi) is 76.5. The summed E-state index contributed by atoms with van der Waals surface area (Å²) in [4.78, 5) is 81.3. The van der Waals surface area contributed by atoms with Crippen molar-refractivity contribution in [1.29, 1.82) is 5.41 Å². The Bertz CT molecular complexity index is 939. The third-order valence-corrected chi connectivity index (χ3v) is 5.39. The van der Waals surface area contributed by atoms with Crippen molar-refractivity contribution in [2.24, 2.45) is 25.0 Å². The molecule has 14 nitrogen and oxygen atoms in total. The summed E-state index contributed by atoms with van der Waals surface area (Å²) in [6.07, 6.45) is 29.7. The average molecular weight is 681 g/mol.